The van der Waals surface area contributed by atoms with Gasteiger partial charge in [-0.1, -0.05) is 32.1 Å². The topological polar surface area (TPSA) is 54.4 Å². The van der Waals surface area contributed by atoms with Crippen LogP contribution in [0.2, 0.25) is 0 Å². The van der Waals surface area contributed by atoms with Crippen LogP contribution in [0.25, 0.3) is 5.57 Å². The van der Waals surface area contributed by atoms with E-state index in [2.05, 4.69) is 0 Å². The van der Waals surface area contributed by atoms with E-state index in [0.717, 1.165) is 11.1 Å². The van der Waals surface area contributed by atoms with Gasteiger partial charge in [0, 0.05) is 6.26 Å². The van der Waals surface area contributed by atoms with Gasteiger partial charge in [0.25, 0.3) is 0 Å². The predicted octanol–water partition coefficient (Wildman–Crippen LogP) is 2.12. The molecule has 0 amide bonds. The van der Waals surface area contributed by atoms with E-state index in [0.29, 0.717) is 10.8 Å². The van der Waals surface area contributed by atoms with E-state index in [4.69, 9.17) is 0 Å². The zero-order valence-corrected chi connectivity index (χ0v) is 11.2. The molecule has 1 aromatic carbocycles. The van der Waals surface area contributed by atoms with Gasteiger partial charge < -0.3 is 5.11 Å². The summed E-state index contributed by atoms with van der Waals surface area (Å²) in [5, 5.41) is 9.27. The molecule has 1 N–H and O–H groups in total. The molecule has 0 aliphatic carbocycles. The molecule has 0 bridgehead atoms. The fourth-order valence-corrected chi connectivity index (χ4v) is 2.19. The van der Waals surface area contributed by atoms with Crippen molar-refractivity contribution in [1.82, 2.24) is 0 Å². The van der Waals surface area contributed by atoms with Gasteiger partial charge in [-0.3, -0.25) is 0 Å². The van der Waals surface area contributed by atoms with Crippen molar-refractivity contribution in [1.29, 1.82) is 0 Å². The highest BCUT2D eigenvalue weighted by atomic mass is 32.2. The van der Waals surface area contributed by atoms with Crippen LogP contribution in [0.3, 0.4) is 0 Å². The van der Waals surface area contributed by atoms with E-state index >= 15 is 0 Å². The molecule has 3 nitrogen and oxygen atoms in total. The maximum absolute atomic E-state index is 11.3. The number of aliphatic hydroxyl groups excluding tert-OH is 1. The number of hydrogen-bond acceptors (Lipinski definition) is 3. The van der Waals surface area contributed by atoms with E-state index in [1.165, 1.54) is 6.26 Å². The Balaban J connectivity index is 3.10. The molecular formula is C13H18O3S. The largest absolute Gasteiger partial charge is 0.392 e. The maximum atomic E-state index is 11.3. The third-order valence-corrected chi connectivity index (χ3v) is 3.49. The summed E-state index contributed by atoms with van der Waals surface area (Å²) in [5.41, 5.74) is 1.67. The molecule has 0 unspecified atom stereocenters. The summed E-state index contributed by atoms with van der Waals surface area (Å²) in [5.74, 6) is 0.340. The average molecular weight is 254 g/mol. The predicted molar refractivity (Wildman–Crippen MR) is 69.5 cm³/mol. The number of hydrogen-bond donors (Lipinski definition) is 1. The third-order valence-electron chi connectivity index (χ3n) is 2.36. The van der Waals surface area contributed by atoms with Gasteiger partial charge in [0.05, 0.1) is 11.5 Å². The first kappa shape index (κ1) is 13.9. The molecule has 0 spiro atoms. The van der Waals surface area contributed by atoms with Crippen LogP contribution in [0.5, 0.6) is 0 Å². The summed E-state index contributed by atoms with van der Waals surface area (Å²) >= 11 is 0. The van der Waals surface area contributed by atoms with Crippen LogP contribution in [0, 0.1) is 5.92 Å². The molecule has 94 valence electrons. The second-order valence-corrected chi connectivity index (χ2v) is 6.41. The Kier molecular flexibility index (Phi) is 4.48. The molecular weight excluding hydrogens is 236 g/mol. The second kappa shape index (κ2) is 5.47. The minimum Gasteiger partial charge on any atom is -0.392 e. The Hall–Kier alpha value is -1.13. The van der Waals surface area contributed by atoms with Crippen LogP contribution in [0.4, 0.5) is 0 Å². The summed E-state index contributed by atoms with van der Waals surface area (Å²) in [4.78, 5) is 0.295. The van der Waals surface area contributed by atoms with E-state index < -0.39 is 9.84 Å². The Labute approximate surface area is 103 Å². The molecule has 17 heavy (non-hydrogen) atoms. The molecule has 0 aromatic heterocycles. The number of aliphatic hydroxyl groups is 1. The Morgan fingerprint density at radius 2 is 1.82 bits per heavy atom. The van der Waals surface area contributed by atoms with Gasteiger partial charge >= 0.3 is 0 Å². The smallest absolute Gasteiger partial charge is 0.175 e. The summed E-state index contributed by atoms with van der Waals surface area (Å²) < 4.78 is 22.6. The van der Waals surface area contributed by atoms with Gasteiger partial charge in [-0.25, -0.2) is 8.42 Å². The van der Waals surface area contributed by atoms with Crippen LogP contribution in [-0.4, -0.2) is 26.4 Å². The lowest BCUT2D eigenvalue weighted by molar-refractivity contribution is 0.349. The third kappa shape index (κ3) is 3.98. The lowest BCUT2D eigenvalue weighted by Gasteiger charge is -2.07. The van der Waals surface area contributed by atoms with E-state index in [9.17, 15) is 13.5 Å². The normalized spacial score (nSPS) is 13.1. The summed E-state index contributed by atoms with van der Waals surface area (Å²) in [6.07, 6.45) is 3.15. The van der Waals surface area contributed by atoms with Gasteiger partial charge in [0.2, 0.25) is 0 Å². The first-order valence-electron chi connectivity index (χ1n) is 5.46. The van der Waals surface area contributed by atoms with Gasteiger partial charge in [-0.05, 0) is 29.2 Å². The first-order chi connectivity index (χ1) is 7.84. The molecule has 0 radical (unpaired) electrons. The standard InChI is InChI=1S/C13H18O3S/c1-10(2)8-12(9-14)11-4-6-13(7-5-11)17(3,15)16/h4-8,10,14H,9H2,1-3H3. The fourth-order valence-electron chi connectivity index (χ4n) is 1.56. The number of allylic oxidation sites excluding steroid dienone is 1. The number of benzene rings is 1. The van der Waals surface area contributed by atoms with Crippen molar-refractivity contribution < 1.29 is 13.5 Å². The van der Waals surface area contributed by atoms with Crippen molar-refractivity contribution >= 4 is 15.4 Å². The molecule has 0 saturated heterocycles. The SMILES string of the molecule is CC(C)C=C(CO)c1ccc(S(C)(=O)=O)cc1. The number of sulfone groups is 1. The van der Waals surface area contributed by atoms with E-state index in [1.807, 2.05) is 19.9 Å². The lowest BCUT2D eigenvalue weighted by Crippen LogP contribution is -1.98. The van der Waals surface area contributed by atoms with Crippen LogP contribution < -0.4 is 0 Å². The van der Waals surface area contributed by atoms with Crippen LogP contribution in [-0.2, 0) is 9.84 Å². The van der Waals surface area contributed by atoms with Gasteiger partial charge in [0.1, 0.15) is 0 Å². The average Bonchev–Trinajstić information content (AvgIpc) is 2.24. The van der Waals surface area contributed by atoms with Crippen molar-refractivity contribution in [2.75, 3.05) is 12.9 Å². The van der Waals surface area contributed by atoms with Crippen LogP contribution in [0.15, 0.2) is 35.2 Å². The van der Waals surface area contributed by atoms with Crippen molar-refractivity contribution in [3.63, 3.8) is 0 Å². The monoisotopic (exact) mass is 254 g/mol. The highest BCUT2D eigenvalue weighted by Gasteiger charge is 2.07. The van der Waals surface area contributed by atoms with E-state index in [-0.39, 0.29) is 6.61 Å². The van der Waals surface area contributed by atoms with Crippen molar-refractivity contribution in [2.24, 2.45) is 5.92 Å². The molecule has 0 aliphatic rings. The molecule has 0 atom stereocenters. The van der Waals surface area contributed by atoms with Crippen molar-refractivity contribution in [3.05, 3.63) is 35.9 Å². The molecule has 0 heterocycles. The molecule has 4 heteroatoms. The first-order valence-corrected chi connectivity index (χ1v) is 7.35. The van der Waals surface area contributed by atoms with Gasteiger partial charge in [-0.15, -0.1) is 0 Å². The zero-order valence-electron chi connectivity index (χ0n) is 10.3. The van der Waals surface area contributed by atoms with Crippen molar-refractivity contribution in [2.45, 2.75) is 18.7 Å². The zero-order chi connectivity index (χ0) is 13.1. The van der Waals surface area contributed by atoms with Gasteiger partial charge in [0.15, 0.2) is 9.84 Å². The lowest BCUT2D eigenvalue weighted by atomic mass is 10.0. The van der Waals surface area contributed by atoms with Crippen LogP contribution >= 0.6 is 0 Å². The highest BCUT2D eigenvalue weighted by Crippen LogP contribution is 2.18. The fraction of sp³-hybridized carbons (Fsp3) is 0.385. The summed E-state index contributed by atoms with van der Waals surface area (Å²) in [6.45, 7) is 4.01. The van der Waals surface area contributed by atoms with E-state index in [1.54, 1.807) is 24.3 Å². The maximum Gasteiger partial charge on any atom is 0.175 e. The minimum atomic E-state index is -3.16. The quantitative estimate of drug-likeness (QED) is 0.895. The molecule has 1 aromatic rings. The van der Waals surface area contributed by atoms with Crippen LogP contribution in [0.1, 0.15) is 19.4 Å². The number of rotatable bonds is 4. The Morgan fingerprint density at radius 1 is 1.29 bits per heavy atom. The van der Waals surface area contributed by atoms with Gasteiger partial charge in [-0.2, -0.15) is 0 Å². The summed E-state index contributed by atoms with van der Waals surface area (Å²) in [7, 11) is -3.16. The summed E-state index contributed by atoms with van der Waals surface area (Å²) in [6, 6.07) is 6.57. The highest BCUT2D eigenvalue weighted by molar-refractivity contribution is 7.90. The Morgan fingerprint density at radius 3 is 2.18 bits per heavy atom. The second-order valence-electron chi connectivity index (χ2n) is 4.39. The minimum absolute atomic E-state index is 0.0452. The Bertz CT molecular complexity index is 496. The molecule has 0 fully saturated rings. The molecule has 0 saturated carbocycles. The molecule has 1 rings (SSSR count). The van der Waals surface area contributed by atoms with Crippen molar-refractivity contribution in [3.8, 4) is 0 Å². The molecule has 0 aliphatic heterocycles.